The largest absolute Gasteiger partial charge is 0.327 e. The van der Waals surface area contributed by atoms with Crippen molar-refractivity contribution >= 4 is 0 Å². The van der Waals surface area contributed by atoms with Crippen molar-refractivity contribution in [3.63, 3.8) is 0 Å². The van der Waals surface area contributed by atoms with Gasteiger partial charge in [-0.1, -0.05) is 36.4 Å². The molecule has 0 radical (unpaired) electrons. The molecule has 0 unspecified atom stereocenters. The first-order valence-electron chi connectivity index (χ1n) is 35.4. The molecule has 4 aromatic heterocycles. The quantitative estimate of drug-likeness (QED) is 0.112. The van der Waals surface area contributed by atoms with Gasteiger partial charge in [-0.3, -0.25) is 24.9 Å². The van der Waals surface area contributed by atoms with E-state index >= 15 is 0 Å². The van der Waals surface area contributed by atoms with Crippen molar-refractivity contribution in [1.29, 1.82) is 0 Å². The summed E-state index contributed by atoms with van der Waals surface area (Å²) in [7, 11) is 0. The first-order valence-corrected chi connectivity index (χ1v) is 35.4. The molecule has 15 nitrogen and oxygen atoms in total. The fraction of sp³-hybridized carbons (Fsp3) is 0.667. The number of benzene rings is 1. The number of likely N-dealkylation sites (tertiary alicyclic amines) is 5. The van der Waals surface area contributed by atoms with E-state index in [-0.39, 0.29) is 51.2 Å². The van der Waals surface area contributed by atoms with E-state index in [1.165, 1.54) is 123 Å². The second-order valence-electron chi connectivity index (χ2n) is 30.5. The Hall–Kier alpha value is -4.65. The molecule has 9 heterocycles. The maximum absolute atomic E-state index is 6.50. The molecule has 0 bridgehead atoms. The molecule has 10 aliphatic rings. The van der Waals surface area contributed by atoms with Crippen LogP contribution in [0.4, 0.5) is 0 Å². The fourth-order valence-corrected chi connectivity index (χ4v) is 18.7. The lowest BCUT2D eigenvalue weighted by Crippen LogP contribution is -2.52. The van der Waals surface area contributed by atoms with Crippen LogP contribution >= 0.6 is 0 Å². The van der Waals surface area contributed by atoms with Gasteiger partial charge in [-0.05, 0) is 270 Å². The minimum absolute atomic E-state index is 0.0922. The summed E-state index contributed by atoms with van der Waals surface area (Å²) in [6.07, 6.45) is 28.1. The Morgan fingerprint density at radius 2 is 0.656 bits per heavy atom. The molecule has 5 aromatic rings. The van der Waals surface area contributed by atoms with E-state index < -0.39 is 0 Å². The Morgan fingerprint density at radius 1 is 0.322 bits per heavy atom. The van der Waals surface area contributed by atoms with Gasteiger partial charge in [0.05, 0.1) is 17.1 Å². The van der Waals surface area contributed by atoms with Crippen LogP contribution in [0.15, 0.2) is 91.8 Å². The predicted molar refractivity (Wildman–Crippen MR) is 368 cm³/mol. The topological polar surface area (TPSA) is 211 Å². The molecule has 0 saturated carbocycles. The molecule has 5 atom stereocenters. The molecule has 5 fully saturated rings. The van der Waals surface area contributed by atoms with Gasteiger partial charge < -0.3 is 53.2 Å². The Morgan fingerprint density at radius 3 is 1.18 bits per heavy atom. The van der Waals surface area contributed by atoms with Crippen LogP contribution in [0.5, 0.6) is 0 Å². The molecular weight excluding hydrogens is 1110 g/mol. The highest BCUT2D eigenvalue weighted by Gasteiger charge is 2.52. The van der Waals surface area contributed by atoms with Crippen molar-refractivity contribution in [1.82, 2.24) is 49.4 Å². The van der Waals surface area contributed by atoms with Gasteiger partial charge in [0, 0.05) is 143 Å². The van der Waals surface area contributed by atoms with E-state index in [1.807, 2.05) is 30.9 Å². The number of pyridine rings is 3. The summed E-state index contributed by atoms with van der Waals surface area (Å²) in [4.78, 5) is 35.4. The summed E-state index contributed by atoms with van der Waals surface area (Å²) in [5.74, 6) is 0. The van der Waals surface area contributed by atoms with Crippen LogP contribution in [-0.4, -0.2) is 175 Å². The average Bonchev–Trinajstić information content (AvgIpc) is 1.66. The summed E-state index contributed by atoms with van der Waals surface area (Å²) in [6, 6.07) is 24.1. The Bertz CT molecular complexity index is 2650. The standard InChI is InChI=1S/C16H24N2.3C15H23N3.C14H22N4/c1-12(2)18-9-7-16(8-10-18)14-6-4-3-5-13(14)11-15(16)17;1-11(2)18-7-4-15(5-8-18)13-10-17-6-3-12(13)9-14(15)16;1-11(2)18-8-5-15(6-9-18)12-4-3-7-17-13(12)10-14(15)16;1-11(2)18-8-5-15(6-9-18)13(16)10-12-4-3-7-17-14(12)15;1-10(2)18-7-3-14(4-8-18)12(15)9-11-13(14)17-6-5-16-11/h3-6,12,15H,7-11,17H2,1-2H3;3,6,10-11,14H,4-5,7-9,16H2,1-2H3;3-4,7,11,14H,5-6,8-10,16H2,1-2H3;3-4,7,11,13H,5-6,8-10,16H2,1-2H3;5-6,10,12H,3-4,7-9,15H2,1-2H3/t15-;2*14-;13-;12-/m11111/s1. The van der Waals surface area contributed by atoms with Gasteiger partial charge in [0.25, 0.3) is 0 Å². The summed E-state index contributed by atoms with van der Waals surface area (Å²) >= 11 is 0. The fourth-order valence-electron chi connectivity index (χ4n) is 18.7. The van der Waals surface area contributed by atoms with E-state index in [9.17, 15) is 0 Å². The molecule has 5 spiro atoms. The number of rotatable bonds is 5. The third-order valence-corrected chi connectivity index (χ3v) is 24.8. The normalized spacial score (nSPS) is 26.8. The molecule has 5 aliphatic carbocycles. The number of nitrogens with zero attached hydrogens (tertiary/aromatic N) is 10. The minimum atomic E-state index is 0.0922. The molecule has 0 amide bonds. The van der Waals surface area contributed by atoms with E-state index in [0.717, 1.165) is 89.7 Å². The smallest absolute Gasteiger partial charge is 0.0697 e. The number of fused-ring (bicyclic) bond motifs is 10. The van der Waals surface area contributed by atoms with Gasteiger partial charge in [0.1, 0.15) is 0 Å². The van der Waals surface area contributed by atoms with Crippen LogP contribution in [0.25, 0.3) is 0 Å². The third kappa shape index (κ3) is 12.8. The minimum Gasteiger partial charge on any atom is -0.327 e. The van der Waals surface area contributed by atoms with Crippen molar-refractivity contribution in [3.05, 3.63) is 148 Å². The first kappa shape index (κ1) is 66.8. The molecule has 10 N–H and O–H groups in total. The van der Waals surface area contributed by atoms with Crippen LogP contribution in [0.1, 0.15) is 190 Å². The number of aromatic nitrogens is 5. The van der Waals surface area contributed by atoms with Gasteiger partial charge in [-0.25, -0.2) is 0 Å². The highest BCUT2D eigenvalue weighted by atomic mass is 15.2. The van der Waals surface area contributed by atoms with Crippen LogP contribution in [0.2, 0.25) is 0 Å². The summed E-state index contributed by atoms with van der Waals surface area (Å²) < 4.78 is 0. The summed E-state index contributed by atoms with van der Waals surface area (Å²) in [5.41, 5.74) is 46.8. The molecule has 15 heteroatoms. The molecule has 490 valence electrons. The lowest BCUT2D eigenvalue weighted by molar-refractivity contribution is 0.118. The zero-order valence-corrected chi connectivity index (χ0v) is 57.0. The Labute approximate surface area is 541 Å². The second-order valence-corrected chi connectivity index (χ2v) is 30.5. The van der Waals surface area contributed by atoms with Crippen LogP contribution in [0.3, 0.4) is 0 Å². The van der Waals surface area contributed by atoms with E-state index in [2.05, 4.69) is 173 Å². The van der Waals surface area contributed by atoms with Crippen molar-refractivity contribution in [2.75, 3.05) is 65.4 Å². The van der Waals surface area contributed by atoms with Crippen LogP contribution < -0.4 is 28.7 Å². The highest BCUT2D eigenvalue weighted by Crippen LogP contribution is 2.50. The maximum Gasteiger partial charge on any atom is 0.0697 e. The molecule has 5 aliphatic heterocycles. The highest BCUT2D eigenvalue weighted by molar-refractivity contribution is 5.44. The van der Waals surface area contributed by atoms with Crippen molar-refractivity contribution in [2.24, 2.45) is 28.7 Å². The zero-order valence-electron chi connectivity index (χ0n) is 57.0. The average molecular weight is 1230 g/mol. The van der Waals surface area contributed by atoms with Crippen LogP contribution in [-0.2, 0) is 59.2 Å². The van der Waals surface area contributed by atoms with Crippen molar-refractivity contribution in [3.8, 4) is 0 Å². The van der Waals surface area contributed by atoms with Gasteiger partial charge in [-0.2, -0.15) is 0 Å². The summed E-state index contributed by atoms with van der Waals surface area (Å²) in [5, 5.41) is 0. The Kier molecular flexibility index (Phi) is 20.6. The third-order valence-electron chi connectivity index (χ3n) is 24.8. The molecule has 5 saturated heterocycles. The van der Waals surface area contributed by atoms with E-state index in [4.69, 9.17) is 28.7 Å². The number of piperidine rings is 5. The lowest BCUT2D eigenvalue weighted by Gasteiger charge is -2.44. The first-order chi connectivity index (χ1) is 43.2. The number of nitrogens with two attached hydrogens (primary N) is 5. The number of hydrogen-bond donors (Lipinski definition) is 5. The van der Waals surface area contributed by atoms with Crippen molar-refractivity contribution < 1.29 is 0 Å². The SMILES string of the molecule is CC(C)N1CCC2(CC1)c1ccccc1C[C@H]2N.CC(C)N1CCC2(CC1)c1cccnc1C[C@H]2N.CC(C)N1CCC2(CC1)c1cnccc1C[C@H]2N.CC(C)N1CCC2(CC1)c1ncccc1C[C@H]2N.CC(C)N1CCC2(CC1)c1nccnc1C[C@H]2N. The van der Waals surface area contributed by atoms with E-state index in [1.54, 1.807) is 11.8 Å². The van der Waals surface area contributed by atoms with Gasteiger partial charge >= 0.3 is 0 Å². The predicted octanol–water partition coefficient (Wildman–Crippen LogP) is 8.54. The Balaban J connectivity index is 0.000000116. The van der Waals surface area contributed by atoms with Gasteiger partial charge in [0.15, 0.2) is 0 Å². The molecular formula is C75H115N15. The van der Waals surface area contributed by atoms with Gasteiger partial charge in [0.2, 0.25) is 0 Å². The monoisotopic (exact) mass is 1230 g/mol. The van der Waals surface area contributed by atoms with E-state index in [0.29, 0.717) is 36.3 Å². The van der Waals surface area contributed by atoms with Gasteiger partial charge in [-0.15, -0.1) is 0 Å². The summed E-state index contributed by atoms with van der Waals surface area (Å²) in [6.45, 7) is 34.4. The van der Waals surface area contributed by atoms with Crippen LogP contribution in [0, 0.1) is 0 Å². The van der Waals surface area contributed by atoms with Crippen molar-refractivity contribution in [2.45, 2.75) is 253 Å². The number of hydrogen-bond acceptors (Lipinski definition) is 15. The zero-order chi connectivity index (χ0) is 63.8. The molecule has 90 heavy (non-hydrogen) atoms. The lowest BCUT2D eigenvalue weighted by atomic mass is 9.71. The maximum atomic E-state index is 6.50. The second kappa shape index (κ2) is 27.7. The molecule has 15 rings (SSSR count). The molecule has 1 aromatic carbocycles.